The van der Waals surface area contributed by atoms with Crippen LogP contribution >= 0.6 is 0 Å². The molecule has 0 rings (SSSR count). The first kappa shape index (κ1) is 53.1. The molecular formula is C49H91NO5. The number of aliphatic hydroxyl groups is 2. The fourth-order valence-corrected chi connectivity index (χ4v) is 6.96. The van der Waals surface area contributed by atoms with Crippen LogP contribution in [0.25, 0.3) is 0 Å². The lowest BCUT2D eigenvalue weighted by Crippen LogP contribution is -2.45. The molecule has 0 bridgehead atoms. The zero-order valence-electron chi connectivity index (χ0n) is 36.4. The van der Waals surface area contributed by atoms with Crippen LogP contribution in [0.3, 0.4) is 0 Å². The molecule has 0 aromatic carbocycles. The van der Waals surface area contributed by atoms with Gasteiger partial charge in [-0.2, -0.15) is 0 Å². The molecule has 1 amide bonds. The number of ether oxygens (including phenoxy) is 1. The lowest BCUT2D eigenvalue weighted by molar-refractivity contribution is -0.143. The van der Waals surface area contributed by atoms with Crippen molar-refractivity contribution in [1.29, 1.82) is 0 Å². The molecule has 0 aromatic heterocycles. The third-order valence-electron chi connectivity index (χ3n) is 10.7. The minimum Gasteiger partial charge on any atom is -0.466 e. The van der Waals surface area contributed by atoms with E-state index in [0.29, 0.717) is 25.9 Å². The quantitative estimate of drug-likeness (QED) is 0.0326. The Hall–Kier alpha value is -1.92. The Kier molecular flexibility index (Phi) is 43.2. The van der Waals surface area contributed by atoms with E-state index in [1.807, 2.05) is 0 Å². The SMILES string of the molecule is CCCCC/C=C\C/C=C\CCCCCCCC(=O)OCCCC/C=C\CCCCCCC(=O)NC(CO)C(O)CCCCCCCCCCCCCCC. The highest BCUT2D eigenvalue weighted by molar-refractivity contribution is 5.76. The predicted molar refractivity (Wildman–Crippen MR) is 236 cm³/mol. The molecule has 0 heterocycles. The summed E-state index contributed by atoms with van der Waals surface area (Å²) in [5, 5.41) is 23.1. The lowest BCUT2D eigenvalue weighted by atomic mass is 10.0. The number of hydrogen-bond acceptors (Lipinski definition) is 5. The average molecular weight is 774 g/mol. The van der Waals surface area contributed by atoms with Crippen molar-refractivity contribution in [3.63, 3.8) is 0 Å². The summed E-state index contributed by atoms with van der Waals surface area (Å²) in [5.41, 5.74) is 0. The number of nitrogens with one attached hydrogen (secondary N) is 1. The van der Waals surface area contributed by atoms with Crippen LogP contribution in [0.2, 0.25) is 0 Å². The molecule has 0 saturated carbocycles. The summed E-state index contributed by atoms with van der Waals surface area (Å²) in [6.45, 7) is 4.81. The van der Waals surface area contributed by atoms with Crippen LogP contribution in [-0.2, 0) is 14.3 Å². The van der Waals surface area contributed by atoms with Crippen molar-refractivity contribution in [2.75, 3.05) is 13.2 Å². The Morgan fingerprint density at radius 3 is 1.44 bits per heavy atom. The van der Waals surface area contributed by atoms with Crippen LogP contribution in [0, 0.1) is 0 Å². The molecule has 2 atom stereocenters. The van der Waals surface area contributed by atoms with Gasteiger partial charge in [0.15, 0.2) is 0 Å². The summed E-state index contributed by atoms with van der Waals surface area (Å²) < 4.78 is 5.42. The molecule has 0 radical (unpaired) electrons. The van der Waals surface area contributed by atoms with Gasteiger partial charge in [0.05, 0.1) is 25.4 Å². The molecule has 0 fully saturated rings. The van der Waals surface area contributed by atoms with Gasteiger partial charge in [-0.1, -0.05) is 179 Å². The van der Waals surface area contributed by atoms with Gasteiger partial charge in [0.2, 0.25) is 5.91 Å². The third kappa shape index (κ3) is 41.5. The topological polar surface area (TPSA) is 95.9 Å². The van der Waals surface area contributed by atoms with Crippen molar-refractivity contribution in [2.24, 2.45) is 0 Å². The van der Waals surface area contributed by atoms with Gasteiger partial charge >= 0.3 is 5.97 Å². The second-order valence-corrected chi connectivity index (χ2v) is 16.1. The molecule has 0 spiro atoms. The van der Waals surface area contributed by atoms with Crippen molar-refractivity contribution in [2.45, 2.75) is 251 Å². The fourth-order valence-electron chi connectivity index (χ4n) is 6.96. The number of carbonyl (C=O) groups is 2. The van der Waals surface area contributed by atoms with E-state index in [0.717, 1.165) is 89.9 Å². The van der Waals surface area contributed by atoms with Gasteiger partial charge in [-0.25, -0.2) is 0 Å². The molecule has 0 aliphatic carbocycles. The second-order valence-electron chi connectivity index (χ2n) is 16.1. The summed E-state index contributed by atoms with van der Waals surface area (Å²) in [5.74, 6) is -0.125. The number of unbranched alkanes of at least 4 members (excludes halogenated alkanes) is 26. The van der Waals surface area contributed by atoms with Gasteiger partial charge < -0.3 is 20.3 Å². The van der Waals surface area contributed by atoms with Crippen LogP contribution < -0.4 is 5.32 Å². The zero-order chi connectivity index (χ0) is 40.1. The summed E-state index contributed by atoms with van der Waals surface area (Å²) >= 11 is 0. The highest BCUT2D eigenvalue weighted by Crippen LogP contribution is 2.15. The predicted octanol–water partition coefficient (Wildman–Crippen LogP) is 13.7. The number of carbonyl (C=O) groups excluding carboxylic acids is 2. The van der Waals surface area contributed by atoms with Gasteiger partial charge in [-0.3, -0.25) is 9.59 Å². The highest BCUT2D eigenvalue weighted by atomic mass is 16.5. The Morgan fingerprint density at radius 1 is 0.509 bits per heavy atom. The molecule has 0 aliphatic rings. The van der Waals surface area contributed by atoms with E-state index in [9.17, 15) is 19.8 Å². The molecule has 3 N–H and O–H groups in total. The Labute approximate surface area is 341 Å². The number of hydrogen-bond donors (Lipinski definition) is 3. The van der Waals surface area contributed by atoms with Crippen molar-refractivity contribution in [1.82, 2.24) is 5.32 Å². The number of esters is 1. The normalized spacial score (nSPS) is 13.0. The zero-order valence-corrected chi connectivity index (χ0v) is 36.4. The van der Waals surface area contributed by atoms with E-state index in [1.165, 1.54) is 116 Å². The molecule has 0 saturated heterocycles. The summed E-state index contributed by atoms with van der Waals surface area (Å²) in [4.78, 5) is 24.4. The molecule has 0 aromatic rings. The molecule has 55 heavy (non-hydrogen) atoms. The number of rotatable bonds is 43. The maximum Gasteiger partial charge on any atom is 0.305 e. The lowest BCUT2D eigenvalue weighted by Gasteiger charge is -2.22. The number of allylic oxidation sites excluding steroid dienone is 6. The first-order valence-corrected chi connectivity index (χ1v) is 23.7. The first-order chi connectivity index (χ1) is 27.0. The van der Waals surface area contributed by atoms with Gasteiger partial charge in [0.25, 0.3) is 0 Å². The van der Waals surface area contributed by atoms with Gasteiger partial charge in [0, 0.05) is 12.8 Å². The van der Waals surface area contributed by atoms with Crippen LogP contribution in [0.5, 0.6) is 0 Å². The van der Waals surface area contributed by atoms with Crippen LogP contribution in [0.1, 0.15) is 239 Å². The van der Waals surface area contributed by atoms with E-state index in [1.54, 1.807) is 0 Å². The van der Waals surface area contributed by atoms with E-state index in [2.05, 4.69) is 55.6 Å². The van der Waals surface area contributed by atoms with Crippen molar-refractivity contribution in [3.8, 4) is 0 Å². The molecule has 322 valence electrons. The van der Waals surface area contributed by atoms with E-state index in [4.69, 9.17) is 4.74 Å². The highest BCUT2D eigenvalue weighted by Gasteiger charge is 2.20. The molecule has 6 nitrogen and oxygen atoms in total. The van der Waals surface area contributed by atoms with Crippen molar-refractivity contribution < 1.29 is 24.5 Å². The van der Waals surface area contributed by atoms with Crippen LogP contribution in [0.15, 0.2) is 36.5 Å². The maximum absolute atomic E-state index is 12.4. The van der Waals surface area contributed by atoms with Gasteiger partial charge in [0.1, 0.15) is 0 Å². The summed E-state index contributed by atoms with van der Waals surface area (Å²) in [6.07, 6.45) is 52.4. The third-order valence-corrected chi connectivity index (χ3v) is 10.7. The van der Waals surface area contributed by atoms with E-state index < -0.39 is 12.1 Å². The summed E-state index contributed by atoms with van der Waals surface area (Å²) in [7, 11) is 0. The summed E-state index contributed by atoms with van der Waals surface area (Å²) in [6, 6.07) is -0.567. The van der Waals surface area contributed by atoms with Gasteiger partial charge in [-0.05, 0) is 83.5 Å². The second kappa shape index (κ2) is 44.8. The molecular weight excluding hydrogens is 683 g/mol. The van der Waals surface area contributed by atoms with Gasteiger partial charge in [-0.15, -0.1) is 0 Å². The minimum atomic E-state index is -0.686. The molecule has 0 aliphatic heterocycles. The Morgan fingerprint density at radius 2 is 0.909 bits per heavy atom. The monoisotopic (exact) mass is 774 g/mol. The average Bonchev–Trinajstić information content (AvgIpc) is 3.18. The van der Waals surface area contributed by atoms with E-state index >= 15 is 0 Å². The van der Waals surface area contributed by atoms with Crippen molar-refractivity contribution >= 4 is 11.9 Å². The fraction of sp³-hybridized carbons (Fsp3) is 0.837. The minimum absolute atomic E-state index is 0.0512. The number of aliphatic hydroxyl groups excluding tert-OH is 2. The Bertz CT molecular complexity index is 900. The molecule has 6 heteroatoms. The van der Waals surface area contributed by atoms with Crippen LogP contribution in [0.4, 0.5) is 0 Å². The largest absolute Gasteiger partial charge is 0.466 e. The first-order valence-electron chi connectivity index (χ1n) is 23.7. The number of amides is 1. The smallest absolute Gasteiger partial charge is 0.305 e. The standard InChI is InChI=1S/C49H91NO5/c1-3-5-7-9-11-13-15-17-18-20-22-27-31-35-39-43-49(54)55-44-40-36-32-28-24-23-26-30-34-38-42-48(53)50-46(45-51)47(52)41-37-33-29-25-21-19-16-14-12-10-8-6-4-2/h11,13,17-18,24,28,46-47,51-52H,3-10,12,14-16,19-23,25-27,29-45H2,1-2H3,(H,50,53)/b13-11-,18-17-,28-24-. The van der Waals surface area contributed by atoms with Crippen molar-refractivity contribution in [3.05, 3.63) is 36.5 Å². The van der Waals surface area contributed by atoms with E-state index in [-0.39, 0.29) is 18.5 Å². The molecule has 2 unspecified atom stereocenters. The maximum atomic E-state index is 12.4. The van der Waals surface area contributed by atoms with Crippen LogP contribution in [-0.4, -0.2) is 47.4 Å². The Balaban J connectivity index is 3.56.